The molecule has 1 heterocycles. The largest absolute Gasteiger partial charge is 0.493 e. The zero-order valence-corrected chi connectivity index (χ0v) is 12.1. The van der Waals surface area contributed by atoms with Crippen LogP contribution in [-0.2, 0) is 0 Å². The summed E-state index contributed by atoms with van der Waals surface area (Å²) in [5.41, 5.74) is 2.25. The molecule has 0 atom stereocenters. The van der Waals surface area contributed by atoms with E-state index in [1.807, 2.05) is 12.1 Å². The molecule has 1 saturated heterocycles. The van der Waals surface area contributed by atoms with E-state index >= 15 is 0 Å². The van der Waals surface area contributed by atoms with Crippen LogP contribution in [0.15, 0.2) is 12.1 Å². The second kappa shape index (κ2) is 6.44. The normalized spacial score (nSPS) is 16.2. The fourth-order valence-corrected chi connectivity index (χ4v) is 2.92. The van der Waals surface area contributed by atoms with E-state index in [2.05, 4.69) is 18.7 Å². The van der Waals surface area contributed by atoms with Crippen molar-refractivity contribution in [2.24, 2.45) is 0 Å². The van der Waals surface area contributed by atoms with Crippen molar-refractivity contribution in [1.82, 2.24) is 4.90 Å². The third kappa shape index (κ3) is 3.63. The Morgan fingerprint density at radius 1 is 1.17 bits per heavy atom. The van der Waals surface area contributed by atoms with Crippen molar-refractivity contribution in [2.75, 3.05) is 26.2 Å². The van der Waals surface area contributed by atoms with Crippen molar-refractivity contribution < 1.29 is 4.74 Å². The van der Waals surface area contributed by atoms with Gasteiger partial charge in [-0.3, -0.25) is 0 Å². The summed E-state index contributed by atoms with van der Waals surface area (Å²) in [5, 5.41) is 0.786. The number of likely N-dealkylation sites (tertiary alicyclic amines) is 1. The van der Waals surface area contributed by atoms with E-state index in [1.54, 1.807) is 0 Å². The highest BCUT2D eigenvalue weighted by molar-refractivity contribution is 6.30. The monoisotopic (exact) mass is 267 g/mol. The minimum atomic E-state index is 0.786. The highest BCUT2D eigenvalue weighted by atomic mass is 35.5. The second-order valence-corrected chi connectivity index (χ2v) is 5.56. The molecule has 1 aliphatic rings. The molecule has 0 spiro atoms. The summed E-state index contributed by atoms with van der Waals surface area (Å²) in [4.78, 5) is 2.52. The molecule has 1 aromatic carbocycles. The molecule has 18 heavy (non-hydrogen) atoms. The van der Waals surface area contributed by atoms with E-state index in [0.29, 0.717) is 0 Å². The lowest BCUT2D eigenvalue weighted by atomic mass is 10.1. The molecule has 100 valence electrons. The highest BCUT2D eigenvalue weighted by Crippen LogP contribution is 2.27. The molecule has 1 aromatic rings. The van der Waals surface area contributed by atoms with Crippen molar-refractivity contribution >= 4 is 11.6 Å². The quantitative estimate of drug-likeness (QED) is 0.752. The van der Waals surface area contributed by atoms with Crippen LogP contribution in [0.25, 0.3) is 0 Å². The van der Waals surface area contributed by atoms with E-state index in [-0.39, 0.29) is 0 Å². The zero-order chi connectivity index (χ0) is 13.0. The summed E-state index contributed by atoms with van der Waals surface area (Å²) in [7, 11) is 0. The smallest absolute Gasteiger partial charge is 0.125 e. The van der Waals surface area contributed by atoms with Crippen LogP contribution in [0.4, 0.5) is 0 Å². The number of hydrogen-bond acceptors (Lipinski definition) is 2. The summed E-state index contributed by atoms with van der Waals surface area (Å²) in [6.45, 7) is 8.58. The van der Waals surface area contributed by atoms with Crippen LogP contribution in [-0.4, -0.2) is 31.1 Å². The van der Waals surface area contributed by atoms with Gasteiger partial charge in [0.1, 0.15) is 5.75 Å². The lowest BCUT2D eigenvalue weighted by Crippen LogP contribution is -2.22. The van der Waals surface area contributed by atoms with Gasteiger partial charge in [0, 0.05) is 11.6 Å². The van der Waals surface area contributed by atoms with E-state index in [1.165, 1.54) is 25.9 Å². The molecule has 0 aromatic heterocycles. The average Bonchev–Trinajstić information content (AvgIpc) is 2.79. The fraction of sp³-hybridized carbons (Fsp3) is 0.600. The SMILES string of the molecule is Cc1cc(Cl)cc(C)c1OCCCN1CCCC1. The maximum atomic E-state index is 6.01. The molecular formula is C15H22ClNO. The Balaban J connectivity index is 1.79. The van der Waals surface area contributed by atoms with E-state index in [9.17, 15) is 0 Å². The maximum absolute atomic E-state index is 6.01. The van der Waals surface area contributed by atoms with Crippen molar-refractivity contribution in [2.45, 2.75) is 33.1 Å². The number of halogens is 1. The van der Waals surface area contributed by atoms with Gasteiger partial charge < -0.3 is 9.64 Å². The number of ether oxygens (including phenoxy) is 1. The first-order valence-electron chi connectivity index (χ1n) is 6.79. The summed E-state index contributed by atoms with van der Waals surface area (Å²) < 4.78 is 5.90. The van der Waals surface area contributed by atoms with Crippen molar-refractivity contribution in [3.05, 3.63) is 28.3 Å². The second-order valence-electron chi connectivity index (χ2n) is 5.12. The number of hydrogen-bond donors (Lipinski definition) is 0. The molecule has 2 nitrogen and oxygen atoms in total. The number of nitrogens with zero attached hydrogens (tertiary/aromatic N) is 1. The van der Waals surface area contributed by atoms with E-state index in [4.69, 9.17) is 16.3 Å². The molecular weight excluding hydrogens is 246 g/mol. The van der Waals surface area contributed by atoms with Gasteiger partial charge in [-0.15, -0.1) is 0 Å². The number of aryl methyl sites for hydroxylation is 2. The Morgan fingerprint density at radius 3 is 2.39 bits per heavy atom. The van der Waals surface area contributed by atoms with Gasteiger partial charge in [-0.2, -0.15) is 0 Å². The molecule has 0 amide bonds. The third-order valence-electron chi connectivity index (χ3n) is 3.49. The lowest BCUT2D eigenvalue weighted by Gasteiger charge is -2.16. The Hall–Kier alpha value is -0.730. The Morgan fingerprint density at radius 2 is 1.78 bits per heavy atom. The van der Waals surface area contributed by atoms with Gasteiger partial charge in [0.05, 0.1) is 6.61 Å². The molecule has 0 bridgehead atoms. The predicted molar refractivity (Wildman–Crippen MR) is 76.7 cm³/mol. The Bertz CT molecular complexity index is 376. The first-order chi connectivity index (χ1) is 8.66. The summed E-state index contributed by atoms with van der Waals surface area (Å²) >= 11 is 6.01. The van der Waals surface area contributed by atoms with Crippen LogP contribution >= 0.6 is 11.6 Å². The minimum Gasteiger partial charge on any atom is -0.493 e. The minimum absolute atomic E-state index is 0.786. The van der Waals surface area contributed by atoms with Crippen molar-refractivity contribution in [1.29, 1.82) is 0 Å². The van der Waals surface area contributed by atoms with Gasteiger partial charge in [0.25, 0.3) is 0 Å². The Kier molecular flexibility index (Phi) is 4.90. The van der Waals surface area contributed by atoms with Crippen LogP contribution in [0.1, 0.15) is 30.4 Å². The molecule has 0 unspecified atom stereocenters. The summed E-state index contributed by atoms with van der Waals surface area (Å²) in [6.07, 6.45) is 3.81. The van der Waals surface area contributed by atoms with Crippen molar-refractivity contribution in [3.63, 3.8) is 0 Å². The first-order valence-corrected chi connectivity index (χ1v) is 7.16. The molecule has 0 saturated carbocycles. The molecule has 0 aliphatic carbocycles. The van der Waals surface area contributed by atoms with Crippen LogP contribution in [0, 0.1) is 13.8 Å². The maximum Gasteiger partial charge on any atom is 0.125 e. The zero-order valence-electron chi connectivity index (χ0n) is 11.3. The van der Waals surface area contributed by atoms with Crippen LogP contribution in [0.2, 0.25) is 5.02 Å². The standard InChI is InChI=1S/C15H22ClNO/c1-12-10-14(16)11-13(2)15(12)18-9-5-8-17-6-3-4-7-17/h10-11H,3-9H2,1-2H3. The summed E-state index contributed by atoms with van der Waals surface area (Å²) in [6, 6.07) is 3.93. The topological polar surface area (TPSA) is 12.5 Å². The van der Waals surface area contributed by atoms with E-state index in [0.717, 1.165) is 41.5 Å². The average molecular weight is 268 g/mol. The van der Waals surface area contributed by atoms with Crippen LogP contribution in [0.5, 0.6) is 5.75 Å². The molecule has 0 N–H and O–H groups in total. The van der Waals surface area contributed by atoms with Gasteiger partial charge >= 0.3 is 0 Å². The molecule has 1 aliphatic heterocycles. The Labute approximate surface area is 115 Å². The third-order valence-corrected chi connectivity index (χ3v) is 3.71. The fourth-order valence-electron chi connectivity index (χ4n) is 2.59. The highest BCUT2D eigenvalue weighted by Gasteiger charge is 2.11. The summed E-state index contributed by atoms with van der Waals surface area (Å²) in [5.74, 6) is 1.00. The lowest BCUT2D eigenvalue weighted by molar-refractivity contribution is 0.261. The van der Waals surface area contributed by atoms with Gasteiger partial charge in [-0.1, -0.05) is 11.6 Å². The molecule has 0 radical (unpaired) electrons. The van der Waals surface area contributed by atoms with Gasteiger partial charge in [-0.05, 0) is 69.5 Å². The van der Waals surface area contributed by atoms with Gasteiger partial charge in [0.2, 0.25) is 0 Å². The van der Waals surface area contributed by atoms with Crippen LogP contribution in [0.3, 0.4) is 0 Å². The van der Waals surface area contributed by atoms with Gasteiger partial charge in [0.15, 0.2) is 0 Å². The molecule has 1 fully saturated rings. The van der Waals surface area contributed by atoms with Crippen LogP contribution < -0.4 is 4.74 Å². The predicted octanol–water partition coefficient (Wildman–Crippen LogP) is 3.82. The number of rotatable bonds is 5. The van der Waals surface area contributed by atoms with Crippen molar-refractivity contribution in [3.8, 4) is 5.75 Å². The molecule has 3 heteroatoms. The number of benzene rings is 1. The molecule has 2 rings (SSSR count). The van der Waals surface area contributed by atoms with E-state index < -0.39 is 0 Å². The first kappa shape index (κ1) is 13.7. The van der Waals surface area contributed by atoms with Gasteiger partial charge in [-0.25, -0.2) is 0 Å².